The summed E-state index contributed by atoms with van der Waals surface area (Å²) in [6.07, 6.45) is -12.0. The number of hydrogen-bond acceptors (Lipinski definition) is 8. The van der Waals surface area contributed by atoms with Crippen molar-refractivity contribution in [1.82, 2.24) is 5.32 Å². The quantitative estimate of drug-likeness (QED) is 0.366. The van der Waals surface area contributed by atoms with Gasteiger partial charge in [-0.3, -0.25) is 9.59 Å². The predicted octanol–water partition coefficient (Wildman–Crippen LogP) is 1.94. The molecule has 4 N–H and O–H groups in total. The van der Waals surface area contributed by atoms with Crippen LogP contribution in [0.15, 0.2) is 24.3 Å². The van der Waals surface area contributed by atoms with Crippen molar-refractivity contribution in [1.29, 1.82) is 0 Å². The molecule has 0 aliphatic carbocycles. The van der Waals surface area contributed by atoms with Crippen molar-refractivity contribution in [3.05, 3.63) is 29.8 Å². The maximum Gasteiger partial charge on any atom is 0.432 e. The van der Waals surface area contributed by atoms with E-state index >= 15 is 0 Å². The predicted molar refractivity (Wildman–Crippen MR) is 96.2 cm³/mol. The van der Waals surface area contributed by atoms with Crippen molar-refractivity contribution < 1.29 is 60.7 Å². The van der Waals surface area contributed by atoms with Crippen LogP contribution in [0.3, 0.4) is 0 Å². The van der Waals surface area contributed by atoms with Crippen molar-refractivity contribution in [2.45, 2.75) is 43.6 Å². The first-order valence-corrected chi connectivity index (χ1v) is 9.55. The van der Waals surface area contributed by atoms with Crippen molar-refractivity contribution in [3.63, 3.8) is 0 Å². The van der Waals surface area contributed by atoms with Crippen LogP contribution in [0.25, 0.3) is 0 Å². The Morgan fingerprint density at radius 3 is 1.64 bits per heavy atom. The average molecular weight is 489 g/mol. The molecule has 0 saturated carbocycles. The van der Waals surface area contributed by atoms with Crippen LogP contribution in [-0.4, -0.2) is 64.3 Å². The van der Waals surface area contributed by atoms with E-state index in [4.69, 9.17) is 0 Å². The van der Waals surface area contributed by atoms with Gasteiger partial charge in [0.2, 0.25) is 11.4 Å². The highest BCUT2D eigenvalue weighted by molar-refractivity contribution is 5.82. The first-order valence-electron chi connectivity index (χ1n) is 9.55. The van der Waals surface area contributed by atoms with Gasteiger partial charge in [-0.25, -0.2) is 5.32 Å². The third kappa shape index (κ3) is 4.46. The summed E-state index contributed by atoms with van der Waals surface area (Å²) >= 11 is 0. The number of esters is 2. The number of carbonyl (C=O) groups excluding carboxylic acids is 2. The van der Waals surface area contributed by atoms with Crippen LogP contribution in [0.5, 0.6) is 5.75 Å². The fourth-order valence-electron chi connectivity index (χ4n) is 3.88. The third-order valence-corrected chi connectivity index (χ3v) is 5.24. The molecule has 1 aliphatic rings. The number of nitrogens with one attached hydrogen (secondary N) is 1. The minimum atomic E-state index is -5.99. The molecular weight excluding hydrogens is 468 g/mol. The number of aliphatic hydroxyl groups is 2. The molecule has 1 heterocycles. The van der Waals surface area contributed by atoms with Gasteiger partial charge >= 0.3 is 24.3 Å². The molecule has 1 unspecified atom stereocenters. The second-order valence-corrected chi connectivity index (χ2v) is 7.20. The number of benzene rings is 1. The molecule has 1 fully saturated rings. The van der Waals surface area contributed by atoms with Gasteiger partial charge in [0.25, 0.3) is 0 Å². The van der Waals surface area contributed by atoms with Crippen LogP contribution in [0.1, 0.15) is 25.3 Å². The maximum atomic E-state index is 14.0. The second kappa shape index (κ2) is 8.99. The fraction of sp³-hybridized carbons (Fsp3) is 0.579. The Labute approximate surface area is 183 Å². The molecule has 0 radical (unpaired) electrons. The van der Waals surface area contributed by atoms with E-state index in [-0.39, 0.29) is 0 Å². The Hall–Kier alpha value is -2.58. The molecule has 14 heteroatoms. The first kappa shape index (κ1) is 26.7. The molecule has 2 rings (SSSR count). The van der Waals surface area contributed by atoms with Gasteiger partial charge in [0.1, 0.15) is 17.6 Å². The topological polar surface area (TPSA) is 125 Å². The zero-order valence-electron chi connectivity index (χ0n) is 17.2. The highest BCUT2D eigenvalue weighted by atomic mass is 19.4. The van der Waals surface area contributed by atoms with Crippen LogP contribution in [0.2, 0.25) is 0 Å². The lowest BCUT2D eigenvalue weighted by molar-refractivity contribution is -0.376. The molecule has 0 spiro atoms. The smallest absolute Gasteiger partial charge is 0.432 e. The molecular formula is C19H21F6NO7. The van der Waals surface area contributed by atoms with E-state index in [1.807, 2.05) is 0 Å². The van der Waals surface area contributed by atoms with E-state index in [1.54, 1.807) is 0 Å². The van der Waals surface area contributed by atoms with Crippen molar-refractivity contribution in [2.24, 2.45) is 11.8 Å². The Morgan fingerprint density at radius 2 is 1.30 bits per heavy atom. The molecule has 5 atom stereocenters. The average Bonchev–Trinajstić information content (AvgIpc) is 2.66. The number of para-hydroxylation sites is 1. The Balaban J connectivity index is 3.00. The van der Waals surface area contributed by atoms with Gasteiger partial charge in [0, 0.05) is 5.92 Å². The summed E-state index contributed by atoms with van der Waals surface area (Å²) in [6.45, 7) is 1.30. The van der Waals surface area contributed by atoms with E-state index < -0.39 is 78.0 Å². The van der Waals surface area contributed by atoms with Crippen molar-refractivity contribution in [2.75, 3.05) is 13.2 Å². The van der Waals surface area contributed by atoms with Crippen LogP contribution in [-0.2, 0) is 19.1 Å². The molecule has 0 aromatic heterocycles. The van der Waals surface area contributed by atoms with Crippen molar-refractivity contribution >= 4 is 11.9 Å². The summed E-state index contributed by atoms with van der Waals surface area (Å²) in [5.41, 5.74) is -10.2. The van der Waals surface area contributed by atoms with E-state index in [9.17, 15) is 51.3 Å². The third-order valence-electron chi connectivity index (χ3n) is 5.24. The summed E-state index contributed by atoms with van der Waals surface area (Å²) < 4.78 is 93.1. The molecule has 0 amide bonds. The zero-order chi connectivity index (χ0) is 25.4. The summed E-state index contributed by atoms with van der Waals surface area (Å²) in [5.74, 6) is -13.1. The molecule has 1 aliphatic heterocycles. The van der Waals surface area contributed by atoms with E-state index in [0.29, 0.717) is 5.32 Å². The number of piperidine rings is 1. The lowest BCUT2D eigenvalue weighted by Gasteiger charge is -2.54. The van der Waals surface area contributed by atoms with Crippen molar-refractivity contribution in [3.8, 4) is 5.75 Å². The molecule has 1 aromatic rings. The standard InChI is InChI=1S/C19H21F6NO7/c1-3-32-14(28)12-11(9-7-5-6-8-10(9)27)13(15(29)33-4-2)17(31,19(23,24)25)26-16(12,30)18(20,21)22/h5-8,11-13,26-27,30-31H,3-4H2,1-2H3/t11?,12-,13+,16-,17+. The summed E-state index contributed by atoms with van der Waals surface area (Å²) in [7, 11) is 0. The lowest BCUT2D eigenvalue weighted by Crippen LogP contribution is -2.81. The molecule has 33 heavy (non-hydrogen) atoms. The van der Waals surface area contributed by atoms with Gasteiger partial charge in [-0.2, -0.15) is 26.3 Å². The Bertz CT molecular complexity index is 844. The number of phenolic OH excluding ortho intramolecular Hbond substituents is 1. The van der Waals surface area contributed by atoms with Gasteiger partial charge in [-0.05, 0) is 25.5 Å². The van der Waals surface area contributed by atoms with Gasteiger partial charge in [0.15, 0.2) is 0 Å². The number of carbonyl (C=O) groups is 2. The number of hydrogen-bond donors (Lipinski definition) is 4. The fourth-order valence-corrected chi connectivity index (χ4v) is 3.88. The number of ether oxygens (including phenoxy) is 2. The summed E-state index contributed by atoms with van der Waals surface area (Å²) in [6, 6.07) is 3.99. The lowest BCUT2D eigenvalue weighted by atomic mass is 9.64. The molecule has 0 bridgehead atoms. The van der Waals surface area contributed by atoms with E-state index in [2.05, 4.69) is 9.47 Å². The van der Waals surface area contributed by atoms with Gasteiger partial charge < -0.3 is 24.8 Å². The number of aromatic hydroxyl groups is 1. The molecule has 186 valence electrons. The highest BCUT2D eigenvalue weighted by Gasteiger charge is 2.78. The van der Waals surface area contributed by atoms with Crippen LogP contribution < -0.4 is 5.32 Å². The zero-order valence-corrected chi connectivity index (χ0v) is 17.2. The number of halogens is 6. The number of alkyl halides is 6. The van der Waals surface area contributed by atoms with Gasteiger partial charge in [-0.1, -0.05) is 18.2 Å². The van der Waals surface area contributed by atoms with Crippen LogP contribution in [0, 0.1) is 11.8 Å². The van der Waals surface area contributed by atoms with E-state index in [1.165, 1.54) is 19.9 Å². The molecule has 1 saturated heterocycles. The molecule has 8 nitrogen and oxygen atoms in total. The minimum absolute atomic E-state index is 0.537. The Kier molecular flexibility index (Phi) is 7.26. The van der Waals surface area contributed by atoms with Gasteiger partial charge in [0.05, 0.1) is 13.2 Å². The number of phenols is 1. The van der Waals surface area contributed by atoms with Crippen LogP contribution >= 0.6 is 0 Å². The second-order valence-electron chi connectivity index (χ2n) is 7.20. The van der Waals surface area contributed by atoms with Gasteiger partial charge in [-0.15, -0.1) is 0 Å². The summed E-state index contributed by atoms with van der Waals surface area (Å²) in [4.78, 5) is 25.2. The maximum absolute atomic E-state index is 14.0. The minimum Gasteiger partial charge on any atom is -0.508 e. The molecule has 1 aromatic carbocycles. The monoisotopic (exact) mass is 489 g/mol. The first-order chi connectivity index (χ1) is 15.1. The summed E-state index contributed by atoms with van der Waals surface area (Å²) in [5, 5.41) is 31.8. The largest absolute Gasteiger partial charge is 0.508 e. The normalized spacial score (nSPS) is 30.5. The number of rotatable bonds is 5. The SMILES string of the molecule is CCOC(=O)[C@@H]1C(c2ccccc2O)[C@H](C(=O)OCC)[C@@](O)(C(F)(F)F)N[C@@]1(O)C(F)(F)F. The Morgan fingerprint density at radius 1 is 0.909 bits per heavy atom. The van der Waals surface area contributed by atoms with Crippen LogP contribution in [0.4, 0.5) is 26.3 Å². The highest BCUT2D eigenvalue weighted by Crippen LogP contribution is 2.56. The van der Waals surface area contributed by atoms with E-state index in [0.717, 1.165) is 18.2 Å².